The van der Waals surface area contributed by atoms with Crippen LogP contribution in [0.5, 0.6) is 0 Å². The second kappa shape index (κ2) is 9.39. The summed E-state index contributed by atoms with van der Waals surface area (Å²) < 4.78 is 35.1. The van der Waals surface area contributed by atoms with Gasteiger partial charge in [-0.15, -0.1) is 0 Å². The smallest absolute Gasteiger partial charge is 0.123 e. The molecular weight excluding hydrogens is 388 g/mol. The van der Waals surface area contributed by atoms with Gasteiger partial charge in [-0.2, -0.15) is 0 Å². The highest BCUT2D eigenvalue weighted by Crippen LogP contribution is 2.30. The Morgan fingerprint density at radius 1 is 1.00 bits per heavy atom. The molecule has 0 amide bonds. The first-order valence-corrected chi connectivity index (χ1v) is 10.3. The SMILES string of the molecule is C[C@H](CNC[C@H](O)Cn1c2ccc(F)cc2c2cc(F)ccc21)NCOC(C)(C)C. The van der Waals surface area contributed by atoms with Gasteiger partial charge in [0.25, 0.3) is 0 Å². The molecule has 1 aromatic heterocycles. The third kappa shape index (κ3) is 5.76. The maximum absolute atomic E-state index is 13.8. The summed E-state index contributed by atoms with van der Waals surface area (Å²) in [5, 5.41) is 18.4. The van der Waals surface area contributed by atoms with Crippen molar-refractivity contribution in [2.75, 3.05) is 19.8 Å². The van der Waals surface area contributed by atoms with E-state index in [2.05, 4.69) is 10.6 Å². The van der Waals surface area contributed by atoms with Crippen LogP contribution >= 0.6 is 0 Å². The molecule has 0 saturated carbocycles. The lowest BCUT2D eigenvalue weighted by Crippen LogP contribution is -2.41. The maximum Gasteiger partial charge on any atom is 0.123 e. The lowest BCUT2D eigenvalue weighted by atomic mass is 10.1. The molecule has 7 heteroatoms. The van der Waals surface area contributed by atoms with Crippen LogP contribution in [0.4, 0.5) is 8.78 Å². The van der Waals surface area contributed by atoms with Gasteiger partial charge in [-0.1, -0.05) is 0 Å². The monoisotopic (exact) mass is 419 g/mol. The van der Waals surface area contributed by atoms with Gasteiger partial charge in [0.1, 0.15) is 11.6 Å². The first-order chi connectivity index (χ1) is 14.1. The Morgan fingerprint density at radius 2 is 1.57 bits per heavy atom. The zero-order valence-corrected chi connectivity index (χ0v) is 18.0. The molecule has 5 nitrogen and oxygen atoms in total. The summed E-state index contributed by atoms with van der Waals surface area (Å²) in [5.41, 5.74) is 1.35. The van der Waals surface area contributed by atoms with Gasteiger partial charge in [0.05, 0.1) is 25.0 Å². The third-order valence-electron chi connectivity index (χ3n) is 4.95. The van der Waals surface area contributed by atoms with Crippen molar-refractivity contribution in [3.63, 3.8) is 0 Å². The summed E-state index contributed by atoms with van der Waals surface area (Å²) in [6.07, 6.45) is -0.656. The van der Waals surface area contributed by atoms with E-state index < -0.39 is 6.10 Å². The molecule has 164 valence electrons. The van der Waals surface area contributed by atoms with E-state index in [4.69, 9.17) is 4.74 Å². The number of nitrogens with zero attached hydrogens (tertiary/aromatic N) is 1. The van der Waals surface area contributed by atoms with E-state index >= 15 is 0 Å². The van der Waals surface area contributed by atoms with Crippen molar-refractivity contribution in [1.82, 2.24) is 15.2 Å². The highest BCUT2D eigenvalue weighted by molar-refractivity contribution is 6.08. The quantitative estimate of drug-likeness (QED) is 0.462. The second-order valence-electron chi connectivity index (χ2n) is 8.75. The van der Waals surface area contributed by atoms with Crippen molar-refractivity contribution in [1.29, 1.82) is 0 Å². The Kier molecular flexibility index (Phi) is 7.08. The fraction of sp³-hybridized carbons (Fsp3) is 0.478. The molecule has 0 saturated heterocycles. The number of aliphatic hydroxyl groups excluding tert-OH is 1. The van der Waals surface area contributed by atoms with Gasteiger partial charge < -0.3 is 19.7 Å². The number of fused-ring (bicyclic) bond motifs is 3. The maximum atomic E-state index is 13.8. The topological polar surface area (TPSA) is 58.5 Å². The molecule has 0 spiro atoms. The van der Waals surface area contributed by atoms with Crippen LogP contribution in [0.3, 0.4) is 0 Å². The average Bonchev–Trinajstić information content (AvgIpc) is 2.93. The number of benzene rings is 2. The van der Waals surface area contributed by atoms with Crippen molar-refractivity contribution in [2.45, 2.75) is 52.0 Å². The molecular formula is C23H31F2N3O2. The predicted molar refractivity (Wildman–Crippen MR) is 117 cm³/mol. The zero-order chi connectivity index (χ0) is 21.9. The first-order valence-electron chi connectivity index (χ1n) is 10.3. The standard InChI is InChI=1S/C23H31F2N3O2/c1-15(27-14-30-23(2,3)4)11-26-12-18(29)13-28-21-7-5-16(24)9-19(21)20-10-17(25)6-8-22(20)28/h5-10,15,18,26-27,29H,11-14H2,1-4H3/t15-,18+/m1/s1. The zero-order valence-electron chi connectivity index (χ0n) is 18.0. The highest BCUT2D eigenvalue weighted by atomic mass is 19.1. The summed E-state index contributed by atoms with van der Waals surface area (Å²) in [6, 6.07) is 9.10. The Labute approximate surface area is 176 Å². The van der Waals surface area contributed by atoms with Crippen LogP contribution in [0.15, 0.2) is 36.4 Å². The summed E-state index contributed by atoms with van der Waals surface area (Å²) in [4.78, 5) is 0. The van der Waals surface area contributed by atoms with Crippen molar-refractivity contribution in [3.05, 3.63) is 48.0 Å². The number of aromatic nitrogens is 1. The van der Waals surface area contributed by atoms with Crippen molar-refractivity contribution in [2.24, 2.45) is 0 Å². The number of hydrogen-bond acceptors (Lipinski definition) is 4. The largest absolute Gasteiger partial charge is 0.390 e. The van der Waals surface area contributed by atoms with Gasteiger partial charge >= 0.3 is 0 Å². The molecule has 3 aromatic rings. The Morgan fingerprint density at radius 3 is 2.10 bits per heavy atom. The van der Waals surface area contributed by atoms with Crippen molar-refractivity contribution in [3.8, 4) is 0 Å². The molecule has 3 rings (SSSR count). The normalized spacial score (nSPS) is 14.5. The molecule has 0 unspecified atom stereocenters. The van der Waals surface area contributed by atoms with Gasteiger partial charge in [-0.25, -0.2) is 8.78 Å². The van der Waals surface area contributed by atoms with E-state index in [1.165, 1.54) is 24.3 Å². The number of hydrogen-bond donors (Lipinski definition) is 3. The number of aliphatic hydroxyl groups is 1. The van der Waals surface area contributed by atoms with Crippen LogP contribution in [0.25, 0.3) is 21.8 Å². The lowest BCUT2D eigenvalue weighted by Gasteiger charge is -2.22. The second-order valence-corrected chi connectivity index (χ2v) is 8.75. The van der Waals surface area contributed by atoms with Crippen LogP contribution in [-0.4, -0.2) is 47.2 Å². The molecule has 0 bridgehead atoms. The molecule has 0 aliphatic rings. The van der Waals surface area contributed by atoms with Crippen molar-refractivity contribution < 1.29 is 18.6 Å². The van der Waals surface area contributed by atoms with Gasteiger partial charge in [0.15, 0.2) is 0 Å². The lowest BCUT2D eigenvalue weighted by molar-refractivity contribution is -0.0164. The fourth-order valence-electron chi connectivity index (χ4n) is 3.46. The first kappa shape index (κ1) is 22.6. The third-order valence-corrected chi connectivity index (χ3v) is 4.95. The summed E-state index contributed by atoms with van der Waals surface area (Å²) >= 11 is 0. The van der Waals surface area contributed by atoms with Crippen LogP contribution in [0, 0.1) is 11.6 Å². The summed E-state index contributed by atoms with van der Waals surface area (Å²) in [7, 11) is 0. The van der Waals surface area contributed by atoms with Gasteiger partial charge in [0.2, 0.25) is 0 Å². The van der Waals surface area contributed by atoms with E-state index in [-0.39, 0.29) is 23.3 Å². The highest BCUT2D eigenvalue weighted by Gasteiger charge is 2.15. The molecule has 0 aliphatic carbocycles. The van der Waals surface area contributed by atoms with Crippen LogP contribution < -0.4 is 10.6 Å². The molecule has 2 aromatic carbocycles. The van der Waals surface area contributed by atoms with Crippen LogP contribution in [-0.2, 0) is 11.3 Å². The minimum atomic E-state index is -0.656. The van der Waals surface area contributed by atoms with E-state index in [1.807, 2.05) is 32.3 Å². The number of nitrogens with one attached hydrogen (secondary N) is 2. The van der Waals surface area contributed by atoms with E-state index in [1.54, 1.807) is 12.1 Å². The number of ether oxygens (including phenoxy) is 1. The summed E-state index contributed by atoms with van der Waals surface area (Å²) in [6.45, 7) is 9.91. The summed E-state index contributed by atoms with van der Waals surface area (Å²) in [5.74, 6) is -0.741. The van der Waals surface area contributed by atoms with Gasteiger partial charge in [-0.05, 0) is 64.1 Å². The Balaban J connectivity index is 1.62. The van der Waals surface area contributed by atoms with Gasteiger partial charge in [-0.3, -0.25) is 5.32 Å². The van der Waals surface area contributed by atoms with Crippen molar-refractivity contribution >= 4 is 21.8 Å². The van der Waals surface area contributed by atoms with Gasteiger partial charge in [0, 0.05) is 40.9 Å². The predicted octanol–water partition coefficient (Wildman–Crippen LogP) is 3.77. The molecule has 0 aliphatic heterocycles. The number of halogens is 2. The van der Waals surface area contributed by atoms with E-state index in [9.17, 15) is 13.9 Å². The van der Waals surface area contributed by atoms with Crippen LogP contribution in [0.1, 0.15) is 27.7 Å². The number of rotatable bonds is 9. The Bertz CT molecular complexity index is 938. The minimum absolute atomic E-state index is 0.179. The molecule has 0 radical (unpaired) electrons. The van der Waals surface area contributed by atoms with Crippen LogP contribution in [0.2, 0.25) is 0 Å². The molecule has 1 heterocycles. The molecule has 30 heavy (non-hydrogen) atoms. The molecule has 3 N–H and O–H groups in total. The average molecular weight is 420 g/mol. The molecule has 2 atom stereocenters. The molecule has 0 fully saturated rings. The fourth-order valence-corrected chi connectivity index (χ4v) is 3.46. The van der Waals surface area contributed by atoms with E-state index in [0.717, 1.165) is 11.0 Å². The minimum Gasteiger partial charge on any atom is -0.390 e. The Hall–Kier alpha value is -2.06. The van der Waals surface area contributed by atoms with E-state index in [0.29, 0.717) is 37.1 Å².